The molecule has 0 aliphatic rings. The highest BCUT2D eigenvalue weighted by atomic mass is 32.1. The van der Waals surface area contributed by atoms with Crippen molar-refractivity contribution in [1.82, 2.24) is 9.97 Å². The maximum Gasteiger partial charge on any atom is 0.418 e. The van der Waals surface area contributed by atoms with Gasteiger partial charge in [-0.1, -0.05) is 66.7 Å². The number of benzene rings is 4. The molecule has 3 heterocycles. The van der Waals surface area contributed by atoms with Crippen LogP contribution in [0.15, 0.2) is 116 Å². The van der Waals surface area contributed by atoms with Crippen molar-refractivity contribution in [1.29, 1.82) is 0 Å². The van der Waals surface area contributed by atoms with E-state index in [0.29, 0.717) is 32.8 Å². The molecule has 0 amide bonds. The number of hydrogen-bond donors (Lipinski definition) is 0. The zero-order chi connectivity index (χ0) is 27.3. The third kappa shape index (κ3) is 4.25. The minimum absolute atomic E-state index is 0.178. The van der Waals surface area contributed by atoms with Gasteiger partial charge in [0.2, 0.25) is 0 Å². The minimum Gasteiger partial charge on any atom is -0.457 e. The van der Waals surface area contributed by atoms with Gasteiger partial charge >= 0.3 is 6.18 Å². The van der Waals surface area contributed by atoms with E-state index in [0.717, 1.165) is 32.9 Å². The lowest BCUT2D eigenvalue weighted by molar-refractivity contribution is -0.136. The predicted octanol–water partition coefficient (Wildman–Crippen LogP) is 10.1. The van der Waals surface area contributed by atoms with Gasteiger partial charge in [-0.15, -0.1) is 11.3 Å². The van der Waals surface area contributed by atoms with Crippen LogP contribution in [0.3, 0.4) is 0 Å². The van der Waals surface area contributed by atoms with Gasteiger partial charge in [-0.2, -0.15) is 13.2 Å². The van der Waals surface area contributed by atoms with Gasteiger partial charge in [-0.3, -0.25) is 9.97 Å². The van der Waals surface area contributed by atoms with Gasteiger partial charge in [0.25, 0.3) is 0 Å². The molecule has 7 rings (SSSR count). The first-order valence-corrected chi connectivity index (χ1v) is 13.4. The Morgan fingerprint density at radius 3 is 2.17 bits per heavy atom. The van der Waals surface area contributed by atoms with E-state index in [2.05, 4.69) is 9.97 Å². The van der Waals surface area contributed by atoms with Crippen molar-refractivity contribution < 1.29 is 17.9 Å². The molecule has 3 aromatic heterocycles. The number of nitrogens with zero attached hydrogens (tertiary/aromatic N) is 2. The highest BCUT2D eigenvalue weighted by Crippen LogP contribution is 2.47. The van der Waals surface area contributed by atoms with Crippen LogP contribution in [0.5, 0.6) is 11.5 Å². The van der Waals surface area contributed by atoms with Gasteiger partial charge in [-0.25, -0.2) is 0 Å². The average molecular weight is 549 g/mol. The Bertz CT molecular complexity index is 2030. The molecule has 0 fully saturated rings. The molecule has 40 heavy (non-hydrogen) atoms. The van der Waals surface area contributed by atoms with Crippen LogP contribution in [0.4, 0.5) is 13.2 Å². The summed E-state index contributed by atoms with van der Waals surface area (Å²) in [7, 11) is 0. The summed E-state index contributed by atoms with van der Waals surface area (Å²) in [6.45, 7) is 0. The van der Waals surface area contributed by atoms with Crippen molar-refractivity contribution in [2.75, 3.05) is 0 Å². The molecule has 0 atom stereocenters. The summed E-state index contributed by atoms with van der Waals surface area (Å²) in [6, 6.07) is 32.0. The van der Waals surface area contributed by atoms with E-state index in [1.54, 1.807) is 12.3 Å². The van der Waals surface area contributed by atoms with Crippen LogP contribution in [0.2, 0.25) is 0 Å². The molecule has 194 valence electrons. The maximum absolute atomic E-state index is 14.2. The number of thiophene rings is 1. The number of halogens is 3. The van der Waals surface area contributed by atoms with E-state index < -0.39 is 11.7 Å². The lowest BCUT2D eigenvalue weighted by atomic mass is 10.0. The summed E-state index contributed by atoms with van der Waals surface area (Å²) in [5, 5.41) is 2.66. The molecular weight excluding hydrogens is 529 g/mol. The highest BCUT2D eigenvalue weighted by Gasteiger charge is 2.35. The molecule has 4 aromatic carbocycles. The lowest BCUT2D eigenvalue weighted by Gasteiger charge is -2.12. The quantitative estimate of drug-likeness (QED) is 0.220. The molecule has 0 spiro atoms. The Morgan fingerprint density at radius 1 is 0.650 bits per heavy atom. The molecule has 7 aromatic rings. The van der Waals surface area contributed by atoms with Crippen molar-refractivity contribution in [3.05, 3.63) is 121 Å². The van der Waals surface area contributed by atoms with Crippen molar-refractivity contribution in [2.45, 2.75) is 6.18 Å². The van der Waals surface area contributed by atoms with E-state index in [1.807, 2.05) is 97.1 Å². The van der Waals surface area contributed by atoms with Crippen LogP contribution in [-0.2, 0) is 6.18 Å². The fraction of sp³-hybridized carbons (Fsp3) is 0.0303. The number of aromatic nitrogens is 2. The first-order valence-electron chi connectivity index (χ1n) is 12.6. The van der Waals surface area contributed by atoms with Crippen LogP contribution in [0.25, 0.3) is 53.5 Å². The third-order valence-electron chi connectivity index (χ3n) is 6.83. The van der Waals surface area contributed by atoms with Gasteiger partial charge in [0.1, 0.15) is 11.5 Å². The Balaban J connectivity index is 1.36. The standard InChI is InChI=1S/C33H19F3N2OS/c34-33(35,36)27-19-38-30(32-29(27)26-15-14-20-7-1-2-12-25(20)31(26)40-32)22-9-6-11-24(18-22)39-23-10-5-8-21(17-23)28-13-3-4-16-37-28/h1-19H. The van der Waals surface area contributed by atoms with E-state index >= 15 is 0 Å². The monoisotopic (exact) mass is 548 g/mol. The van der Waals surface area contributed by atoms with Gasteiger partial charge in [0.15, 0.2) is 0 Å². The number of pyridine rings is 2. The van der Waals surface area contributed by atoms with Gasteiger partial charge < -0.3 is 4.74 Å². The van der Waals surface area contributed by atoms with Crippen LogP contribution in [0, 0.1) is 0 Å². The first-order chi connectivity index (χ1) is 19.5. The molecule has 0 aliphatic heterocycles. The normalized spacial score (nSPS) is 11.9. The van der Waals surface area contributed by atoms with E-state index in [4.69, 9.17) is 4.74 Å². The average Bonchev–Trinajstić information content (AvgIpc) is 3.37. The summed E-state index contributed by atoms with van der Waals surface area (Å²) in [5.41, 5.74) is 2.17. The molecule has 0 saturated carbocycles. The summed E-state index contributed by atoms with van der Waals surface area (Å²) in [4.78, 5) is 8.75. The number of alkyl halides is 3. The summed E-state index contributed by atoms with van der Waals surface area (Å²) in [5.74, 6) is 1.18. The van der Waals surface area contributed by atoms with Crippen molar-refractivity contribution in [3.8, 4) is 34.0 Å². The summed E-state index contributed by atoms with van der Waals surface area (Å²) < 4.78 is 50.0. The van der Waals surface area contributed by atoms with Crippen LogP contribution in [-0.4, -0.2) is 9.97 Å². The zero-order valence-corrected chi connectivity index (χ0v) is 21.6. The molecule has 0 unspecified atom stereocenters. The minimum atomic E-state index is -4.53. The van der Waals surface area contributed by atoms with E-state index in [9.17, 15) is 13.2 Å². The number of hydrogen-bond acceptors (Lipinski definition) is 4. The van der Waals surface area contributed by atoms with E-state index in [-0.39, 0.29) is 5.39 Å². The Morgan fingerprint density at radius 2 is 1.40 bits per heavy atom. The molecule has 7 heteroatoms. The SMILES string of the molecule is FC(F)(F)c1cnc(-c2cccc(Oc3cccc(-c4ccccn4)c3)c2)c2sc3c4ccccc4ccc3c12. The number of rotatable bonds is 4. The third-order valence-corrected chi connectivity index (χ3v) is 8.08. The fourth-order valence-corrected chi connectivity index (χ4v) is 6.40. The second kappa shape index (κ2) is 9.47. The van der Waals surface area contributed by atoms with Crippen molar-refractivity contribution in [3.63, 3.8) is 0 Å². The molecule has 0 bridgehead atoms. The topological polar surface area (TPSA) is 35.0 Å². The Hall–Kier alpha value is -4.75. The van der Waals surface area contributed by atoms with E-state index in [1.165, 1.54) is 11.3 Å². The lowest BCUT2D eigenvalue weighted by Crippen LogP contribution is -2.06. The van der Waals surface area contributed by atoms with Crippen LogP contribution < -0.4 is 4.74 Å². The summed E-state index contributed by atoms with van der Waals surface area (Å²) >= 11 is 1.34. The van der Waals surface area contributed by atoms with Gasteiger partial charge in [0.05, 0.1) is 21.7 Å². The highest BCUT2D eigenvalue weighted by molar-refractivity contribution is 7.27. The van der Waals surface area contributed by atoms with Gasteiger partial charge in [-0.05, 0) is 47.2 Å². The van der Waals surface area contributed by atoms with Gasteiger partial charge in [0, 0.05) is 39.0 Å². The molecular formula is C33H19F3N2OS. The second-order valence-corrected chi connectivity index (χ2v) is 10.4. The molecule has 0 N–H and O–H groups in total. The Kier molecular flexibility index (Phi) is 5.75. The Labute approximate surface area is 231 Å². The summed E-state index contributed by atoms with van der Waals surface area (Å²) in [6.07, 6.45) is -1.85. The first kappa shape index (κ1) is 24.3. The molecule has 3 nitrogen and oxygen atoms in total. The smallest absolute Gasteiger partial charge is 0.418 e. The van der Waals surface area contributed by atoms with Crippen molar-refractivity contribution in [2.24, 2.45) is 0 Å². The number of ether oxygens (including phenoxy) is 1. The zero-order valence-electron chi connectivity index (χ0n) is 20.8. The number of fused-ring (bicyclic) bond motifs is 5. The largest absolute Gasteiger partial charge is 0.457 e. The molecule has 0 radical (unpaired) electrons. The second-order valence-electron chi connectivity index (χ2n) is 9.36. The fourth-order valence-electron chi connectivity index (χ4n) is 5.03. The maximum atomic E-state index is 14.2. The molecule has 0 aliphatic carbocycles. The van der Waals surface area contributed by atoms with Crippen LogP contribution in [0.1, 0.15) is 5.56 Å². The molecule has 0 saturated heterocycles. The van der Waals surface area contributed by atoms with Crippen LogP contribution >= 0.6 is 11.3 Å². The van der Waals surface area contributed by atoms with Crippen molar-refractivity contribution >= 4 is 42.3 Å². The predicted molar refractivity (Wildman–Crippen MR) is 155 cm³/mol.